The van der Waals surface area contributed by atoms with E-state index in [9.17, 15) is 5.11 Å². The summed E-state index contributed by atoms with van der Waals surface area (Å²) in [5.41, 5.74) is 4.09. The van der Waals surface area contributed by atoms with Crippen molar-refractivity contribution in [3.05, 3.63) is 29.1 Å². The lowest BCUT2D eigenvalue weighted by molar-refractivity contribution is 0.283. The lowest BCUT2D eigenvalue weighted by Gasteiger charge is -2.17. The third kappa shape index (κ3) is 1.95. The maximum Gasteiger partial charge on any atom is 0.115 e. The molecule has 0 aliphatic heterocycles. The Hall–Kier alpha value is -1.35. The molecule has 1 N–H and O–H groups in total. The minimum absolute atomic E-state index is 0.00833. The molecule has 0 saturated heterocycles. The summed E-state index contributed by atoms with van der Waals surface area (Å²) in [4.78, 5) is 4.70. The Bertz CT molecular complexity index is 562. The van der Waals surface area contributed by atoms with E-state index in [4.69, 9.17) is 4.98 Å². The summed E-state index contributed by atoms with van der Waals surface area (Å²) in [6.45, 7) is 8.54. The Morgan fingerprint density at radius 3 is 2.47 bits per heavy atom. The molecule has 0 atom stereocenters. The van der Waals surface area contributed by atoms with E-state index in [-0.39, 0.29) is 12.0 Å². The van der Waals surface area contributed by atoms with Gasteiger partial charge in [-0.1, -0.05) is 26.8 Å². The van der Waals surface area contributed by atoms with E-state index in [1.54, 1.807) is 0 Å². The van der Waals surface area contributed by atoms with Crippen LogP contribution in [0, 0.1) is 6.92 Å². The molecule has 0 saturated carbocycles. The van der Waals surface area contributed by atoms with Crippen LogP contribution in [0.15, 0.2) is 12.1 Å². The molecule has 0 aliphatic rings. The first-order valence-corrected chi connectivity index (χ1v) is 5.92. The zero-order valence-electron chi connectivity index (χ0n) is 11.2. The molecule has 2 rings (SSSR count). The maximum absolute atomic E-state index is 9.41. The topological polar surface area (TPSA) is 38.1 Å². The van der Waals surface area contributed by atoms with Gasteiger partial charge < -0.3 is 9.67 Å². The number of aliphatic hydroxyl groups excluding tert-OH is 1. The van der Waals surface area contributed by atoms with Crippen molar-refractivity contribution >= 4 is 11.0 Å². The SMILES string of the molecule is Cc1cc(CO)c2nc(C(C)(C)C)n(C)c2c1. The van der Waals surface area contributed by atoms with Gasteiger partial charge in [-0.25, -0.2) is 4.98 Å². The largest absolute Gasteiger partial charge is 0.392 e. The summed E-state index contributed by atoms with van der Waals surface area (Å²) < 4.78 is 2.13. The maximum atomic E-state index is 9.41. The molecule has 3 nitrogen and oxygen atoms in total. The first-order valence-electron chi connectivity index (χ1n) is 5.92. The van der Waals surface area contributed by atoms with Crippen molar-refractivity contribution in [2.45, 2.75) is 39.7 Å². The van der Waals surface area contributed by atoms with Crippen molar-refractivity contribution in [2.24, 2.45) is 7.05 Å². The number of imidazole rings is 1. The van der Waals surface area contributed by atoms with E-state index >= 15 is 0 Å². The Balaban J connectivity index is 2.82. The highest BCUT2D eigenvalue weighted by Gasteiger charge is 2.22. The van der Waals surface area contributed by atoms with Crippen molar-refractivity contribution in [1.82, 2.24) is 9.55 Å². The number of aliphatic hydroxyl groups is 1. The van der Waals surface area contributed by atoms with E-state index in [0.717, 1.165) is 28.0 Å². The van der Waals surface area contributed by atoms with Gasteiger partial charge in [-0.05, 0) is 18.6 Å². The second kappa shape index (κ2) is 3.84. The van der Waals surface area contributed by atoms with Crippen LogP contribution in [0.2, 0.25) is 0 Å². The normalized spacial score (nSPS) is 12.4. The predicted molar refractivity (Wildman–Crippen MR) is 70.1 cm³/mol. The molecular weight excluding hydrogens is 212 g/mol. The summed E-state index contributed by atoms with van der Waals surface area (Å²) >= 11 is 0. The molecule has 0 spiro atoms. The third-order valence-corrected chi connectivity index (χ3v) is 3.05. The fourth-order valence-corrected chi connectivity index (χ4v) is 2.30. The van der Waals surface area contributed by atoms with E-state index in [2.05, 4.69) is 31.4 Å². The van der Waals surface area contributed by atoms with E-state index < -0.39 is 0 Å². The van der Waals surface area contributed by atoms with Crippen molar-refractivity contribution in [1.29, 1.82) is 0 Å². The highest BCUT2D eigenvalue weighted by atomic mass is 16.3. The van der Waals surface area contributed by atoms with Gasteiger partial charge in [0.05, 0.1) is 17.6 Å². The molecule has 3 heteroatoms. The molecule has 0 amide bonds. The Morgan fingerprint density at radius 2 is 1.94 bits per heavy atom. The molecule has 0 fully saturated rings. The van der Waals surface area contributed by atoms with E-state index in [1.165, 1.54) is 0 Å². The predicted octanol–water partition coefficient (Wildman–Crippen LogP) is 2.67. The molecule has 1 aromatic carbocycles. The molecule has 1 heterocycles. The Kier molecular flexibility index (Phi) is 2.74. The summed E-state index contributed by atoms with van der Waals surface area (Å²) in [5, 5.41) is 9.41. The molecule has 0 aliphatic carbocycles. The van der Waals surface area contributed by atoms with Crippen LogP contribution in [-0.2, 0) is 19.1 Å². The number of aryl methyl sites for hydroxylation is 2. The molecule has 17 heavy (non-hydrogen) atoms. The summed E-state index contributed by atoms with van der Waals surface area (Å²) in [5.74, 6) is 1.05. The number of hydrogen-bond acceptors (Lipinski definition) is 2. The van der Waals surface area contributed by atoms with Gasteiger partial charge in [-0.15, -0.1) is 0 Å². The molecule has 1 aromatic heterocycles. The standard InChI is InChI=1S/C14H20N2O/c1-9-6-10(8-17)12-11(7-9)16(5)13(15-12)14(2,3)4/h6-7,17H,8H2,1-5H3. The summed E-state index contributed by atoms with van der Waals surface area (Å²) in [6.07, 6.45) is 0. The van der Waals surface area contributed by atoms with Gasteiger partial charge in [-0.3, -0.25) is 0 Å². The van der Waals surface area contributed by atoms with Crippen molar-refractivity contribution < 1.29 is 5.11 Å². The van der Waals surface area contributed by atoms with Crippen LogP contribution in [0.5, 0.6) is 0 Å². The molecule has 0 unspecified atom stereocenters. The highest BCUT2D eigenvalue weighted by Crippen LogP contribution is 2.27. The van der Waals surface area contributed by atoms with Gasteiger partial charge >= 0.3 is 0 Å². The minimum atomic E-state index is 0.00833. The third-order valence-electron chi connectivity index (χ3n) is 3.05. The lowest BCUT2D eigenvalue weighted by Crippen LogP contribution is -2.17. The van der Waals surface area contributed by atoms with Crippen LogP contribution in [0.3, 0.4) is 0 Å². The fraction of sp³-hybridized carbons (Fsp3) is 0.500. The Morgan fingerprint density at radius 1 is 1.29 bits per heavy atom. The van der Waals surface area contributed by atoms with E-state index in [0.29, 0.717) is 0 Å². The highest BCUT2D eigenvalue weighted by molar-refractivity contribution is 5.80. The second-order valence-corrected chi connectivity index (χ2v) is 5.69. The molecule has 92 valence electrons. The first-order chi connectivity index (χ1) is 7.84. The van der Waals surface area contributed by atoms with Gasteiger partial charge in [0.2, 0.25) is 0 Å². The second-order valence-electron chi connectivity index (χ2n) is 5.69. The van der Waals surface area contributed by atoms with Gasteiger partial charge in [0.25, 0.3) is 0 Å². The number of rotatable bonds is 1. The van der Waals surface area contributed by atoms with E-state index in [1.807, 2.05) is 20.0 Å². The van der Waals surface area contributed by atoms with Gasteiger partial charge in [0, 0.05) is 18.0 Å². The number of fused-ring (bicyclic) bond motifs is 1. The van der Waals surface area contributed by atoms with Crippen LogP contribution in [-0.4, -0.2) is 14.7 Å². The zero-order chi connectivity index (χ0) is 12.8. The Labute approximate surface area is 102 Å². The number of benzene rings is 1. The molecule has 0 bridgehead atoms. The summed E-state index contributed by atoms with van der Waals surface area (Å²) in [6, 6.07) is 4.12. The van der Waals surface area contributed by atoms with Crippen molar-refractivity contribution in [3.63, 3.8) is 0 Å². The average Bonchev–Trinajstić information content (AvgIpc) is 2.55. The summed E-state index contributed by atoms with van der Waals surface area (Å²) in [7, 11) is 2.04. The van der Waals surface area contributed by atoms with Crippen LogP contribution >= 0.6 is 0 Å². The van der Waals surface area contributed by atoms with Gasteiger partial charge in [-0.2, -0.15) is 0 Å². The van der Waals surface area contributed by atoms with Gasteiger partial charge in [0.1, 0.15) is 5.82 Å². The number of nitrogens with zero attached hydrogens (tertiary/aromatic N) is 2. The minimum Gasteiger partial charge on any atom is -0.392 e. The zero-order valence-corrected chi connectivity index (χ0v) is 11.2. The van der Waals surface area contributed by atoms with Crippen LogP contribution in [0.4, 0.5) is 0 Å². The first kappa shape index (κ1) is 12.1. The number of aromatic nitrogens is 2. The van der Waals surface area contributed by atoms with Crippen LogP contribution in [0.25, 0.3) is 11.0 Å². The molecular formula is C14H20N2O. The lowest BCUT2D eigenvalue weighted by atomic mass is 9.96. The van der Waals surface area contributed by atoms with Crippen LogP contribution < -0.4 is 0 Å². The smallest absolute Gasteiger partial charge is 0.115 e. The van der Waals surface area contributed by atoms with Crippen molar-refractivity contribution in [2.75, 3.05) is 0 Å². The van der Waals surface area contributed by atoms with Crippen LogP contribution in [0.1, 0.15) is 37.7 Å². The monoisotopic (exact) mass is 232 g/mol. The molecule has 2 aromatic rings. The van der Waals surface area contributed by atoms with Crippen molar-refractivity contribution in [3.8, 4) is 0 Å². The average molecular weight is 232 g/mol. The fourth-order valence-electron chi connectivity index (χ4n) is 2.30. The quantitative estimate of drug-likeness (QED) is 0.821. The molecule has 0 radical (unpaired) electrons. The number of hydrogen-bond donors (Lipinski definition) is 1. The van der Waals surface area contributed by atoms with Gasteiger partial charge in [0.15, 0.2) is 0 Å².